The van der Waals surface area contributed by atoms with Gasteiger partial charge in [0.2, 0.25) is 5.78 Å². The van der Waals surface area contributed by atoms with Crippen LogP contribution in [0.2, 0.25) is 0 Å². The molecule has 2 aliphatic rings. The number of carbonyl (C=O) groups excluding carboxylic acids is 2. The largest absolute Gasteiger partial charge is 0.503 e. The van der Waals surface area contributed by atoms with Gasteiger partial charge >= 0.3 is 0 Å². The van der Waals surface area contributed by atoms with E-state index in [9.17, 15) is 24.8 Å². The standard InChI is InChI=1S/C23H25N3O6/c1-15-5-10-18(32-15)21(27)19-20(16-6-8-17(9-7-16)26(30)31)25(23(29)22(19)28)14-13-24-11-3-2-4-12-24/h5-10,20,28H,2-4,11-14H2,1H3. The van der Waals surface area contributed by atoms with Crippen LogP contribution in [0.3, 0.4) is 0 Å². The molecule has 2 aromatic rings. The fraction of sp³-hybridized carbons (Fsp3) is 0.391. The quantitative estimate of drug-likeness (QED) is 0.398. The molecule has 32 heavy (non-hydrogen) atoms. The number of nitrogens with zero attached hydrogens (tertiary/aromatic N) is 3. The van der Waals surface area contributed by atoms with Gasteiger partial charge in [0, 0.05) is 25.2 Å². The molecule has 1 atom stereocenters. The van der Waals surface area contributed by atoms with Crippen LogP contribution in [0.4, 0.5) is 5.69 Å². The monoisotopic (exact) mass is 439 g/mol. The number of hydrogen-bond acceptors (Lipinski definition) is 7. The van der Waals surface area contributed by atoms with Gasteiger partial charge in [-0.15, -0.1) is 0 Å². The van der Waals surface area contributed by atoms with Crippen molar-refractivity contribution in [2.24, 2.45) is 0 Å². The van der Waals surface area contributed by atoms with Crippen LogP contribution in [0.15, 0.2) is 52.1 Å². The normalized spacial score (nSPS) is 19.6. The lowest BCUT2D eigenvalue weighted by Gasteiger charge is -2.31. The van der Waals surface area contributed by atoms with E-state index < -0.39 is 28.4 Å². The lowest BCUT2D eigenvalue weighted by Crippen LogP contribution is -2.40. The smallest absolute Gasteiger partial charge is 0.290 e. The van der Waals surface area contributed by atoms with Crippen LogP contribution in [0.1, 0.15) is 47.2 Å². The molecule has 0 saturated carbocycles. The summed E-state index contributed by atoms with van der Waals surface area (Å²) in [7, 11) is 0. The molecule has 168 valence electrons. The Morgan fingerprint density at radius 1 is 1.12 bits per heavy atom. The van der Waals surface area contributed by atoms with E-state index in [-0.39, 0.29) is 17.0 Å². The van der Waals surface area contributed by atoms with E-state index in [2.05, 4.69) is 4.90 Å². The molecule has 3 heterocycles. The van der Waals surface area contributed by atoms with E-state index in [1.54, 1.807) is 13.0 Å². The molecule has 2 aliphatic heterocycles. The third-order valence-corrected chi connectivity index (χ3v) is 6.04. The zero-order valence-corrected chi connectivity index (χ0v) is 17.8. The number of aliphatic hydroxyl groups excluding tert-OH is 1. The molecule has 0 aliphatic carbocycles. The first-order chi connectivity index (χ1) is 15.4. The summed E-state index contributed by atoms with van der Waals surface area (Å²) in [6.07, 6.45) is 3.39. The number of likely N-dealkylation sites (tertiary alicyclic amines) is 1. The second-order valence-corrected chi connectivity index (χ2v) is 8.15. The van der Waals surface area contributed by atoms with Crippen LogP contribution < -0.4 is 0 Å². The lowest BCUT2D eigenvalue weighted by atomic mass is 9.95. The molecular formula is C23H25N3O6. The fourth-order valence-corrected chi connectivity index (χ4v) is 4.36. The molecule has 1 aromatic carbocycles. The van der Waals surface area contributed by atoms with Crippen molar-refractivity contribution in [1.82, 2.24) is 9.80 Å². The molecule has 9 nitrogen and oxygen atoms in total. The summed E-state index contributed by atoms with van der Waals surface area (Å²) >= 11 is 0. The van der Waals surface area contributed by atoms with Crippen molar-refractivity contribution in [3.63, 3.8) is 0 Å². The Balaban J connectivity index is 1.68. The number of nitro groups is 1. The van der Waals surface area contributed by atoms with Crippen molar-refractivity contribution in [3.05, 3.63) is 74.9 Å². The number of carbonyl (C=O) groups is 2. The topological polar surface area (TPSA) is 117 Å². The van der Waals surface area contributed by atoms with Gasteiger partial charge in [0.15, 0.2) is 11.5 Å². The summed E-state index contributed by atoms with van der Waals surface area (Å²) in [5.41, 5.74) is 0.343. The minimum absolute atomic E-state index is 0.0293. The minimum atomic E-state index is -0.856. The van der Waals surface area contributed by atoms with Gasteiger partial charge in [-0.3, -0.25) is 19.7 Å². The summed E-state index contributed by atoms with van der Waals surface area (Å²) in [6.45, 7) is 4.52. The molecule has 4 rings (SSSR count). The van der Waals surface area contributed by atoms with Gasteiger partial charge in [-0.1, -0.05) is 6.42 Å². The molecule has 0 bridgehead atoms. The van der Waals surface area contributed by atoms with E-state index in [0.717, 1.165) is 25.9 Å². The van der Waals surface area contributed by atoms with Crippen LogP contribution in [-0.2, 0) is 4.79 Å². The van der Waals surface area contributed by atoms with E-state index in [1.165, 1.54) is 41.7 Å². The van der Waals surface area contributed by atoms with Crippen molar-refractivity contribution >= 4 is 17.4 Å². The first kappa shape index (κ1) is 21.8. The summed E-state index contributed by atoms with van der Waals surface area (Å²) in [5.74, 6) is -1.25. The van der Waals surface area contributed by atoms with Crippen LogP contribution in [-0.4, -0.2) is 57.7 Å². The maximum absolute atomic E-state index is 13.2. The zero-order valence-electron chi connectivity index (χ0n) is 17.8. The average molecular weight is 439 g/mol. The summed E-state index contributed by atoms with van der Waals surface area (Å²) in [5, 5.41) is 21.7. The fourth-order valence-electron chi connectivity index (χ4n) is 4.36. The van der Waals surface area contributed by atoms with Gasteiger partial charge in [0.1, 0.15) is 5.76 Å². The second kappa shape index (κ2) is 8.96. The zero-order chi connectivity index (χ0) is 22.8. The van der Waals surface area contributed by atoms with Crippen LogP contribution in [0, 0.1) is 17.0 Å². The highest BCUT2D eigenvalue weighted by Gasteiger charge is 2.44. The molecule has 1 amide bonds. The Morgan fingerprint density at radius 2 is 1.81 bits per heavy atom. The van der Waals surface area contributed by atoms with E-state index in [0.29, 0.717) is 24.4 Å². The number of amides is 1. The van der Waals surface area contributed by atoms with E-state index in [4.69, 9.17) is 4.42 Å². The van der Waals surface area contributed by atoms with Crippen molar-refractivity contribution in [3.8, 4) is 0 Å². The first-order valence-corrected chi connectivity index (χ1v) is 10.7. The van der Waals surface area contributed by atoms with Crippen LogP contribution in [0.25, 0.3) is 0 Å². The number of furan rings is 1. The Bertz CT molecular complexity index is 1070. The van der Waals surface area contributed by atoms with Crippen molar-refractivity contribution in [2.45, 2.75) is 32.2 Å². The van der Waals surface area contributed by atoms with Crippen LogP contribution >= 0.6 is 0 Å². The number of piperidine rings is 1. The van der Waals surface area contributed by atoms with Crippen molar-refractivity contribution in [2.75, 3.05) is 26.2 Å². The minimum Gasteiger partial charge on any atom is -0.503 e. The molecule has 1 fully saturated rings. The van der Waals surface area contributed by atoms with Crippen molar-refractivity contribution < 1.29 is 24.0 Å². The van der Waals surface area contributed by atoms with Gasteiger partial charge in [0.05, 0.1) is 16.5 Å². The van der Waals surface area contributed by atoms with Gasteiger partial charge in [-0.25, -0.2) is 0 Å². The number of Topliss-reactive ketones (excluding diaryl/α,β-unsaturated/α-hetero) is 1. The predicted octanol–water partition coefficient (Wildman–Crippen LogP) is 3.56. The molecule has 0 spiro atoms. The summed E-state index contributed by atoms with van der Waals surface area (Å²) < 4.78 is 5.44. The number of hydrogen-bond donors (Lipinski definition) is 1. The van der Waals surface area contributed by atoms with E-state index >= 15 is 0 Å². The third-order valence-electron chi connectivity index (χ3n) is 6.04. The maximum atomic E-state index is 13.2. The first-order valence-electron chi connectivity index (χ1n) is 10.7. The molecule has 9 heteroatoms. The highest BCUT2D eigenvalue weighted by Crippen LogP contribution is 2.39. The number of rotatable bonds is 7. The molecule has 0 radical (unpaired) electrons. The van der Waals surface area contributed by atoms with Gasteiger partial charge in [-0.05, 0) is 62.7 Å². The number of aliphatic hydroxyl groups is 1. The third kappa shape index (κ3) is 4.16. The number of benzene rings is 1. The molecule has 1 unspecified atom stereocenters. The molecule has 1 N–H and O–H groups in total. The van der Waals surface area contributed by atoms with E-state index in [1.807, 2.05) is 0 Å². The Hall–Kier alpha value is -3.46. The van der Waals surface area contributed by atoms with Gasteiger partial charge in [0.25, 0.3) is 11.6 Å². The summed E-state index contributed by atoms with van der Waals surface area (Å²) in [4.78, 5) is 40.5. The Morgan fingerprint density at radius 3 is 2.41 bits per heavy atom. The van der Waals surface area contributed by atoms with Crippen molar-refractivity contribution in [1.29, 1.82) is 0 Å². The number of aryl methyl sites for hydroxylation is 1. The van der Waals surface area contributed by atoms with Gasteiger partial charge in [-0.2, -0.15) is 0 Å². The second-order valence-electron chi connectivity index (χ2n) is 8.15. The van der Waals surface area contributed by atoms with Gasteiger partial charge < -0.3 is 19.3 Å². The SMILES string of the molecule is Cc1ccc(C(=O)C2=C(O)C(=O)N(CCN3CCCCC3)C2c2ccc([N+](=O)[O-])cc2)o1. The Labute approximate surface area is 185 Å². The molecular weight excluding hydrogens is 414 g/mol. The number of nitro benzene ring substituents is 1. The molecule has 1 saturated heterocycles. The predicted molar refractivity (Wildman–Crippen MR) is 115 cm³/mol. The highest BCUT2D eigenvalue weighted by molar-refractivity contribution is 6.15. The molecule has 1 aromatic heterocycles. The Kier molecular flexibility index (Phi) is 6.09. The van der Waals surface area contributed by atoms with Crippen LogP contribution in [0.5, 0.6) is 0 Å². The summed E-state index contributed by atoms with van der Waals surface area (Å²) in [6, 6.07) is 7.98. The lowest BCUT2D eigenvalue weighted by molar-refractivity contribution is -0.384. The maximum Gasteiger partial charge on any atom is 0.290 e. The average Bonchev–Trinajstić information content (AvgIpc) is 3.34. The number of non-ortho nitro benzene ring substituents is 1. The highest BCUT2D eigenvalue weighted by atomic mass is 16.6. The number of ketones is 1.